The number of nitrogens with one attached hydrogen (secondary N) is 2. The smallest absolute Gasteiger partial charge is 0.293 e. The fraction of sp³-hybridized carbons (Fsp3) is 0.188. The van der Waals surface area contributed by atoms with E-state index in [-0.39, 0.29) is 23.2 Å². The molecule has 0 heterocycles. The van der Waals surface area contributed by atoms with Gasteiger partial charge in [0.05, 0.1) is 11.0 Å². The standard InChI is InChI=1S/C16H16ClN3O3/c1-10(11-4-3-5-13(17)8-11)19-16(21)12-6-7-14(18-2)15(9-12)20(22)23/h3-10,18H,1-2H3,(H,19,21)/t10-/m1/s1. The first kappa shape index (κ1) is 16.8. The van der Waals surface area contributed by atoms with E-state index in [1.807, 2.05) is 13.0 Å². The largest absolute Gasteiger partial charge is 0.383 e. The number of amides is 1. The summed E-state index contributed by atoms with van der Waals surface area (Å²) in [7, 11) is 1.59. The van der Waals surface area contributed by atoms with Gasteiger partial charge in [-0.05, 0) is 36.8 Å². The number of hydrogen-bond acceptors (Lipinski definition) is 4. The molecule has 23 heavy (non-hydrogen) atoms. The summed E-state index contributed by atoms with van der Waals surface area (Å²) in [4.78, 5) is 22.8. The summed E-state index contributed by atoms with van der Waals surface area (Å²) in [5, 5.41) is 17.2. The highest BCUT2D eigenvalue weighted by atomic mass is 35.5. The van der Waals surface area contributed by atoms with Gasteiger partial charge in [-0.15, -0.1) is 0 Å². The predicted octanol–water partition coefficient (Wildman–Crippen LogP) is 3.78. The normalized spacial score (nSPS) is 11.6. The molecule has 0 aliphatic heterocycles. The maximum atomic E-state index is 12.3. The van der Waals surface area contributed by atoms with Crippen LogP contribution in [0.5, 0.6) is 0 Å². The van der Waals surface area contributed by atoms with Crippen LogP contribution in [-0.2, 0) is 0 Å². The highest BCUT2D eigenvalue weighted by molar-refractivity contribution is 6.30. The van der Waals surface area contributed by atoms with Gasteiger partial charge < -0.3 is 10.6 Å². The lowest BCUT2D eigenvalue weighted by molar-refractivity contribution is -0.384. The zero-order valence-corrected chi connectivity index (χ0v) is 13.4. The van der Waals surface area contributed by atoms with E-state index >= 15 is 0 Å². The number of carbonyl (C=O) groups excluding carboxylic acids is 1. The van der Waals surface area contributed by atoms with Gasteiger partial charge in [-0.25, -0.2) is 0 Å². The van der Waals surface area contributed by atoms with E-state index in [1.165, 1.54) is 12.1 Å². The van der Waals surface area contributed by atoms with Crippen LogP contribution in [0.15, 0.2) is 42.5 Å². The number of carbonyl (C=O) groups is 1. The summed E-state index contributed by atoms with van der Waals surface area (Å²) in [6.07, 6.45) is 0. The van der Waals surface area contributed by atoms with Gasteiger partial charge in [-0.3, -0.25) is 14.9 Å². The van der Waals surface area contributed by atoms with Crippen molar-refractivity contribution in [2.75, 3.05) is 12.4 Å². The van der Waals surface area contributed by atoms with Crippen molar-refractivity contribution in [3.05, 3.63) is 68.7 Å². The van der Waals surface area contributed by atoms with Crippen molar-refractivity contribution in [3.63, 3.8) is 0 Å². The van der Waals surface area contributed by atoms with Gasteiger partial charge in [0.2, 0.25) is 0 Å². The van der Waals surface area contributed by atoms with Crippen LogP contribution in [0.25, 0.3) is 0 Å². The lowest BCUT2D eigenvalue weighted by Crippen LogP contribution is -2.26. The number of hydrogen-bond donors (Lipinski definition) is 2. The Labute approximate surface area is 138 Å². The number of nitrogens with zero attached hydrogens (tertiary/aromatic N) is 1. The highest BCUT2D eigenvalue weighted by Gasteiger charge is 2.18. The SMILES string of the molecule is CNc1ccc(C(=O)N[C@H](C)c2cccc(Cl)c2)cc1[N+](=O)[O-]. The molecule has 2 aromatic carbocycles. The Morgan fingerprint density at radius 1 is 1.26 bits per heavy atom. The van der Waals surface area contributed by atoms with Crippen LogP contribution in [-0.4, -0.2) is 17.9 Å². The van der Waals surface area contributed by atoms with E-state index in [4.69, 9.17) is 11.6 Å². The van der Waals surface area contributed by atoms with Crippen LogP contribution in [0.2, 0.25) is 5.02 Å². The van der Waals surface area contributed by atoms with Crippen LogP contribution in [0.4, 0.5) is 11.4 Å². The van der Waals surface area contributed by atoms with Gasteiger partial charge in [0.1, 0.15) is 5.69 Å². The van der Waals surface area contributed by atoms with Crippen molar-refractivity contribution in [1.82, 2.24) is 5.32 Å². The second-order valence-electron chi connectivity index (χ2n) is 4.99. The molecule has 6 nitrogen and oxygen atoms in total. The van der Waals surface area contributed by atoms with E-state index in [9.17, 15) is 14.9 Å². The number of rotatable bonds is 5. The van der Waals surface area contributed by atoms with Crippen molar-refractivity contribution in [1.29, 1.82) is 0 Å². The van der Waals surface area contributed by atoms with Crippen LogP contribution in [0.3, 0.4) is 0 Å². The van der Waals surface area contributed by atoms with Gasteiger partial charge in [0.25, 0.3) is 11.6 Å². The Kier molecular flexibility index (Phi) is 5.18. The number of anilines is 1. The second kappa shape index (κ2) is 7.11. The van der Waals surface area contributed by atoms with Gasteiger partial charge in [0, 0.05) is 23.7 Å². The molecule has 2 rings (SSSR count). The van der Waals surface area contributed by atoms with Crippen molar-refractivity contribution in [2.45, 2.75) is 13.0 Å². The minimum absolute atomic E-state index is 0.143. The number of benzene rings is 2. The Bertz CT molecular complexity index is 749. The first-order chi connectivity index (χ1) is 10.9. The molecule has 0 unspecified atom stereocenters. The van der Waals surface area contributed by atoms with Gasteiger partial charge in [-0.2, -0.15) is 0 Å². The summed E-state index contributed by atoms with van der Waals surface area (Å²) >= 11 is 5.94. The molecule has 1 amide bonds. The molecular weight excluding hydrogens is 318 g/mol. The third kappa shape index (κ3) is 3.98. The quantitative estimate of drug-likeness (QED) is 0.644. The number of nitro groups is 1. The molecule has 2 N–H and O–H groups in total. The Morgan fingerprint density at radius 3 is 2.61 bits per heavy atom. The maximum Gasteiger partial charge on any atom is 0.293 e. The molecular formula is C16H16ClN3O3. The summed E-state index contributed by atoms with van der Waals surface area (Å²) in [5.74, 6) is -0.386. The molecule has 0 saturated carbocycles. The molecule has 0 saturated heterocycles. The van der Waals surface area contributed by atoms with Gasteiger partial charge in [0.15, 0.2) is 0 Å². The van der Waals surface area contributed by atoms with E-state index < -0.39 is 4.92 Å². The topological polar surface area (TPSA) is 84.3 Å². The van der Waals surface area contributed by atoms with Crippen molar-refractivity contribution in [2.24, 2.45) is 0 Å². The first-order valence-electron chi connectivity index (χ1n) is 6.95. The van der Waals surface area contributed by atoms with Crippen molar-refractivity contribution >= 4 is 28.9 Å². The van der Waals surface area contributed by atoms with E-state index in [1.54, 1.807) is 31.3 Å². The third-order valence-corrected chi connectivity index (χ3v) is 3.66. The summed E-state index contributed by atoms with van der Waals surface area (Å²) in [6.45, 7) is 1.82. The first-order valence-corrected chi connectivity index (χ1v) is 7.32. The lowest BCUT2D eigenvalue weighted by Gasteiger charge is -2.15. The minimum atomic E-state index is -0.525. The summed E-state index contributed by atoms with van der Waals surface area (Å²) in [5.41, 5.74) is 1.29. The van der Waals surface area contributed by atoms with E-state index in [0.29, 0.717) is 10.7 Å². The molecule has 2 aromatic rings. The van der Waals surface area contributed by atoms with Gasteiger partial charge in [-0.1, -0.05) is 23.7 Å². The van der Waals surface area contributed by atoms with Crippen LogP contribution < -0.4 is 10.6 Å². The molecule has 0 fully saturated rings. The molecule has 0 bridgehead atoms. The average molecular weight is 334 g/mol. The fourth-order valence-corrected chi connectivity index (χ4v) is 2.37. The zero-order chi connectivity index (χ0) is 17.0. The Morgan fingerprint density at radius 2 is 2.00 bits per heavy atom. The Balaban J connectivity index is 2.20. The van der Waals surface area contributed by atoms with Crippen LogP contribution in [0.1, 0.15) is 28.9 Å². The van der Waals surface area contributed by atoms with E-state index in [0.717, 1.165) is 5.56 Å². The van der Waals surface area contributed by atoms with E-state index in [2.05, 4.69) is 10.6 Å². The maximum absolute atomic E-state index is 12.3. The van der Waals surface area contributed by atoms with Gasteiger partial charge >= 0.3 is 0 Å². The lowest BCUT2D eigenvalue weighted by atomic mass is 10.1. The molecule has 0 aliphatic carbocycles. The molecule has 7 heteroatoms. The molecule has 0 radical (unpaired) electrons. The predicted molar refractivity (Wildman–Crippen MR) is 90.0 cm³/mol. The molecule has 120 valence electrons. The van der Waals surface area contributed by atoms with Crippen molar-refractivity contribution in [3.8, 4) is 0 Å². The summed E-state index contributed by atoms with van der Waals surface area (Å²) in [6, 6.07) is 11.2. The Hall–Kier alpha value is -2.60. The third-order valence-electron chi connectivity index (χ3n) is 3.42. The summed E-state index contributed by atoms with van der Waals surface area (Å²) < 4.78 is 0. The molecule has 1 atom stereocenters. The monoisotopic (exact) mass is 333 g/mol. The van der Waals surface area contributed by atoms with Crippen LogP contribution in [0, 0.1) is 10.1 Å². The number of halogens is 1. The molecule has 0 spiro atoms. The molecule has 0 aromatic heterocycles. The average Bonchev–Trinajstić information content (AvgIpc) is 2.54. The second-order valence-corrected chi connectivity index (χ2v) is 5.43. The van der Waals surface area contributed by atoms with Crippen molar-refractivity contribution < 1.29 is 9.72 Å². The molecule has 0 aliphatic rings. The zero-order valence-electron chi connectivity index (χ0n) is 12.7. The number of nitro benzene ring substituents is 1. The minimum Gasteiger partial charge on any atom is -0.383 e. The highest BCUT2D eigenvalue weighted by Crippen LogP contribution is 2.25. The van der Waals surface area contributed by atoms with Crippen LogP contribution >= 0.6 is 11.6 Å². The fourth-order valence-electron chi connectivity index (χ4n) is 2.17.